The zero-order valence-corrected chi connectivity index (χ0v) is 23.6. The maximum atomic E-state index is 13.6. The molecular weight excluding hydrogens is 572 g/mol. The Bertz CT molecular complexity index is 1440. The number of carbonyl (C=O) groups excluding carboxylic acids is 3. The molecule has 2 heterocycles. The van der Waals surface area contributed by atoms with Crippen molar-refractivity contribution in [2.75, 3.05) is 32.7 Å². The van der Waals surface area contributed by atoms with Crippen LogP contribution < -0.4 is 4.74 Å². The number of hydrogen-bond acceptors (Lipinski definition) is 5. The number of benzene rings is 3. The quantitative estimate of drug-likeness (QED) is 0.347. The monoisotopic (exact) mass is 599 g/mol. The van der Waals surface area contributed by atoms with E-state index in [4.69, 9.17) is 32.7 Å². The summed E-state index contributed by atoms with van der Waals surface area (Å²) in [7, 11) is 0. The number of piperidine rings is 1. The lowest BCUT2D eigenvalue weighted by molar-refractivity contribution is -0.138. The molecule has 1 unspecified atom stereocenters. The Morgan fingerprint density at radius 1 is 0.927 bits per heavy atom. The summed E-state index contributed by atoms with van der Waals surface area (Å²) in [5.74, 6) is -0.867. The molecule has 3 aromatic carbocycles. The number of hydrogen-bond donors (Lipinski definition) is 0. The fourth-order valence-corrected chi connectivity index (χ4v) is 5.47. The number of nitrogens with zero attached hydrogens (tertiary/aromatic N) is 3. The second kappa shape index (κ2) is 12.8. The van der Waals surface area contributed by atoms with Gasteiger partial charge in [0.15, 0.2) is 0 Å². The van der Waals surface area contributed by atoms with Gasteiger partial charge in [0.25, 0.3) is 5.91 Å². The third kappa shape index (κ3) is 6.74. The van der Waals surface area contributed by atoms with Crippen LogP contribution in [0.1, 0.15) is 28.8 Å². The molecule has 0 bridgehead atoms. The first-order valence-corrected chi connectivity index (χ1v) is 14.0. The van der Waals surface area contributed by atoms with Crippen LogP contribution in [-0.2, 0) is 16.1 Å². The highest BCUT2D eigenvalue weighted by Crippen LogP contribution is 2.33. The number of piperazine rings is 1. The van der Waals surface area contributed by atoms with Crippen molar-refractivity contribution < 1.29 is 28.2 Å². The molecule has 2 fully saturated rings. The van der Waals surface area contributed by atoms with Crippen LogP contribution in [-0.4, -0.2) is 71.4 Å². The molecule has 8 nitrogen and oxygen atoms in total. The maximum absolute atomic E-state index is 13.6. The van der Waals surface area contributed by atoms with Gasteiger partial charge >= 0.3 is 6.09 Å². The fraction of sp³-hybridized carbons (Fsp3) is 0.300. The Labute approximate surface area is 247 Å². The van der Waals surface area contributed by atoms with Crippen LogP contribution in [0, 0.1) is 5.82 Å². The van der Waals surface area contributed by atoms with Crippen LogP contribution in [0.3, 0.4) is 0 Å². The van der Waals surface area contributed by atoms with Gasteiger partial charge in [0.1, 0.15) is 36.0 Å². The largest absolute Gasteiger partial charge is 0.456 e. The van der Waals surface area contributed by atoms with Gasteiger partial charge in [0.05, 0.1) is 10.0 Å². The van der Waals surface area contributed by atoms with Gasteiger partial charge in [-0.15, -0.1) is 0 Å². The highest BCUT2D eigenvalue weighted by atomic mass is 35.5. The lowest BCUT2D eigenvalue weighted by atomic mass is 10.0. The first kappa shape index (κ1) is 28.7. The van der Waals surface area contributed by atoms with Crippen molar-refractivity contribution in [2.45, 2.75) is 25.5 Å². The van der Waals surface area contributed by atoms with Crippen molar-refractivity contribution in [2.24, 2.45) is 0 Å². The molecule has 0 N–H and O–H groups in total. The number of rotatable bonds is 6. The summed E-state index contributed by atoms with van der Waals surface area (Å²) in [5, 5.41) is 0.0392. The molecule has 41 heavy (non-hydrogen) atoms. The molecule has 0 spiro atoms. The smallest absolute Gasteiger partial charge is 0.410 e. The summed E-state index contributed by atoms with van der Waals surface area (Å²) in [6, 6.07) is 17.9. The van der Waals surface area contributed by atoms with Crippen LogP contribution in [0.15, 0.2) is 66.7 Å². The van der Waals surface area contributed by atoms with E-state index in [9.17, 15) is 18.8 Å². The number of amides is 3. The van der Waals surface area contributed by atoms with E-state index in [0.29, 0.717) is 19.6 Å². The van der Waals surface area contributed by atoms with Gasteiger partial charge < -0.3 is 24.2 Å². The minimum Gasteiger partial charge on any atom is -0.456 e. The van der Waals surface area contributed by atoms with E-state index in [2.05, 4.69) is 0 Å². The third-order valence-electron chi connectivity index (χ3n) is 7.15. The molecule has 214 valence electrons. The van der Waals surface area contributed by atoms with Crippen LogP contribution in [0.5, 0.6) is 11.5 Å². The molecule has 5 rings (SSSR count). The minimum atomic E-state index is -0.594. The van der Waals surface area contributed by atoms with Crippen LogP contribution in [0.2, 0.25) is 10.0 Å². The third-order valence-corrected chi connectivity index (χ3v) is 7.76. The van der Waals surface area contributed by atoms with Crippen molar-refractivity contribution in [1.82, 2.24) is 14.7 Å². The Kier molecular flexibility index (Phi) is 8.95. The first-order chi connectivity index (χ1) is 19.8. The first-order valence-electron chi connectivity index (χ1n) is 13.3. The van der Waals surface area contributed by atoms with Crippen LogP contribution in [0.4, 0.5) is 9.18 Å². The predicted molar refractivity (Wildman–Crippen MR) is 152 cm³/mol. The Morgan fingerprint density at radius 2 is 1.73 bits per heavy atom. The average Bonchev–Trinajstić information content (AvgIpc) is 2.98. The van der Waals surface area contributed by atoms with Gasteiger partial charge in [-0.05, 0) is 42.7 Å². The zero-order valence-electron chi connectivity index (χ0n) is 22.1. The molecule has 3 amide bonds. The van der Waals surface area contributed by atoms with Crippen molar-refractivity contribution in [3.63, 3.8) is 0 Å². The van der Waals surface area contributed by atoms with Crippen LogP contribution in [0.25, 0.3) is 0 Å². The number of halogens is 3. The summed E-state index contributed by atoms with van der Waals surface area (Å²) in [5.41, 5.74) is 1.000. The Morgan fingerprint density at radius 3 is 2.49 bits per heavy atom. The maximum Gasteiger partial charge on any atom is 0.410 e. The second-order valence-electron chi connectivity index (χ2n) is 9.89. The average molecular weight is 600 g/mol. The van der Waals surface area contributed by atoms with Crippen molar-refractivity contribution in [1.29, 1.82) is 0 Å². The highest BCUT2D eigenvalue weighted by molar-refractivity contribution is 6.34. The van der Waals surface area contributed by atoms with Gasteiger partial charge in [0, 0.05) is 38.3 Å². The highest BCUT2D eigenvalue weighted by Gasteiger charge is 2.36. The van der Waals surface area contributed by atoms with E-state index < -0.39 is 17.8 Å². The summed E-state index contributed by atoms with van der Waals surface area (Å²) in [6.07, 6.45) is 1.09. The van der Waals surface area contributed by atoms with Crippen LogP contribution >= 0.6 is 23.2 Å². The molecule has 0 saturated carbocycles. The molecule has 1 atom stereocenters. The Hall–Kier alpha value is -3.82. The molecule has 2 saturated heterocycles. The molecule has 0 aromatic heterocycles. The summed E-state index contributed by atoms with van der Waals surface area (Å²) in [4.78, 5) is 44.3. The lowest BCUT2D eigenvalue weighted by Crippen LogP contribution is -2.59. The van der Waals surface area contributed by atoms with E-state index in [0.717, 1.165) is 24.5 Å². The van der Waals surface area contributed by atoms with Gasteiger partial charge in [-0.1, -0.05) is 59.6 Å². The van der Waals surface area contributed by atoms with E-state index in [-0.39, 0.29) is 58.8 Å². The predicted octanol–water partition coefficient (Wildman–Crippen LogP) is 6.01. The standard InChI is InChI=1S/C30H28Cl2FN3O5/c31-23-9-4-10-26(41-22-11-12-25(33)24(32)16-22)28(23)29(38)34-14-15-36(27(37)18-34)21-8-5-13-35(17-21)30(39)40-19-20-6-2-1-3-7-20/h1-4,6-7,9-12,16,21H,5,8,13-15,17-19H2. The normalized spacial score (nSPS) is 17.4. The molecule has 11 heteroatoms. The van der Waals surface area contributed by atoms with Gasteiger partial charge in [-0.3, -0.25) is 9.59 Å². The van der Waals surface area contributed by atoms with E-state index in [1.54, 1.807) is 28.0 Å². The number of ether oxygens (including phenoxy) is 2. The van der Waals surface area contributed by atoms with E-state index in [1.165, 1.54) is 17.0 Å². The van der Waals surface area contributed by atoms with Crippen molar-refractivity contribution in [3.05, 3.63) is 93.7 Å². The SMILES string of the molecule is O=C(OCc1ccccc1)N1CCCC(N2CCN(C(=O)c3c(Cl)cccc3Oc3ccc(F)c(Cl)c3)CC2=O)C1. The summed E-state index contributed by atoms with van der Waals surface area (Å²) in [6.45, 7) is 1.58. The molecule has 0 aliphatic carbocycles. The van der Waals surface area contributed by atoms with Gasteiger partial charge in [-0.25, -0.2) is 9.18 Å². The molecule has 3 aromatic rings. The lowest BCUT2D eigenvalue weighted by Gasteiger charge is -2.43. The molecule has 0 radical (unpaired) electrons. The molecule has 2 aliphatic heterocycles. The zero-order chi connectivity index (χ0) is 28.9. The van der Waals surface area contributed by atoms with E-state index in [1.807, 2.05) is 30.3 Å². The topological polar surface area (TPSA) is 79.4 Å². The van der Waals surface area contributed by atoms with Crippen molar-refractivity contribution in [3.8, 4) is 11.5 Å². The van der Waals surface area contributed by atoms with Gasteiger partial charge in [-0.2, -0.15) is 0 Å². The summed E-state index contributed by atoms with van der Waals surface area (Å²) >= 11 is 12.3. The van der Waals surface area contributed by atoms with E-state index >= 15 is 0 Å². The Balaban J connectivity index is 1.21. The second-order valence-corrected chi connectivity index (χ2v) is 10.7. The van der Waals surface area contributed by atoms with Crippen molar-refractivity contribution >= 4 is 41.1 Å². The fourth-order valence-electron chi connectivity index (χ4n) is 5.05. The molecule has 2 aliphatic rings. The summed E-state index contributed by atoms with van der Waals surface area (Å²) < 4.78 is 24.9. The van der Waals surface area contributed by atoms with Gasteiger partial charge in [0.2, 0.25) is 5.91 Å². The number of carbonyl (C=O) groups is 3. The minimum absolute atomic E-state index is 0.0980. The number of likely N-dealkylation sites (tertiary alicyclic amines) is 1. The molecular formula is C30H28Cl2FN3O5.